The highest BCUT2D eigenvalue weighted by Crippen LogP contribution is 2.39. The Morgan fingerprint density at radius 2 is 1.83 bits per heavy atom. The zero-order chi connectivity index (χ0) is 20.9. The number of benzene rings is 1. The summed E-state index contributed by atoms with van der Waals surface area (Å²) in [5, 5.41) is 40.3. The first-order valence-corrected chi connectivity index (χ1v) is 9.42. The SMILES string of the molecule is CC1(C)Oc2ccc3ccc(=O)oc3c2CC1O[C@@H]1O[C@H](CO)[C@@H](O)[C@H](O)[C@H]1O. The minimum Gasteiger partial charge on any atom is -0.485 e. The Morgan fingerprint density at radius 1 is 1.10 bits per heavy atom. The molecule has 2 aliphatic heterocycles. The molecule has 0 saturated carbocycles. The zero-order valence-corrected chi connectivity index (χ0v) is 16.0. The first kappa shape index (κ1) is 20.3. The molecule has 0 aliphatic carbocycles. The van der Waals surface area contributed by atoms with Crippen LogP contribution in [0.4, 0.5) is 0 Å². The van der Waals surface area contributed by atoms with Crippen LogP contribution in [0.1, 0.15) is 19.4 Å². The molecule has 2 aliphatic rings. The van der Waals surface area contributed by atoms with Crippen LogP contribution in [0.5, 0.6) is 5.75 Å². The van der Waals surface area contributed by atoms with Crippen LogP contribution >= 0.6 is 0 Å². The molecular formula is C20H24O9. The maximum Gasteiger partial charge on any atom is 0.336 e. The molecule has 0 bridgehead atoms. The van der Waals surface area contributed by atoms with Gasteiger partial charge in [-0.05, 0) is 32.0 Å². The molecular weight excluding hydrogens is 384 g/mol. The Hall–Kier alpha value is -2.01. The minimum atomic E-state index is -1.54. The summed E-state index contributed by atoms with van der Waals surface area (Å²) < 4.78 is 22.9. The second-order valence-electron chi connectivity index (χ2n) is 7.95. The number of fused-ring (bicyclic) bond motifs is 3. The normalized spacial score (nSPS) is 33.9. The quantitative estimate of drug-likeness (QED) is 0.504. The Bertz CT molecular complexity index is 951. The summed E-state index contributed by atoms with van der Waals surface area (Å²) >= 11 is 0. The van der Waals surface area contributed by atoms with Gasteiger partial charge in [0.25, 0.3) is 0 Å². The van der Waals surface area contributed by atoms with Crippen molar-refractivity contribution in [2.24, 2.45) is 0 Å². The fourth-order valence-electron chi connectivity index (χ4n) is 3.79. The van der Waals surface area contributed by atoms with E-state index < -0.39 is 54.6 Å². The average Bonchev–Trinajstić information content (AvgIpc) is 2.68. The monoisotopic (exact) mass is 408 g/mol. The lowest BCUT2D eigenvalue weighted by Gasteiger charge is -2.45. The Labute approximate surface area is 166 Å². The van der Waals surface area contributed by atoms with Crippen LogP contribution in [0.3, 0.4) is 0 Å². The van der Waals surface area contributed by atoms with Crippen molar-refractivity contribution in [2.75, 3.05) is 6.61 Å². The largest absolute Gasteiger partial charge is 0.485 e. The highest BCUT2D eigenvalue weighted by atomic mass is 16.7. The molecule has 1 unspecified atom stereocenters. The molecule has 9 nitrogen and oxygen atoms in total. The Balaban J connectivity index is 1.65. The summed E-state index contributed by atoms with van der Waals surface area (Å²) in [4.78, 5) is 11.7. The van der Waals surface area contributed by atoms with Crippen LogP contribution < -0.4 is 10.4 Å². The van der Waals surface area contributed by atoms with Gasteiger partial charge in [0.2, 0.25) is 0 Å². The third kappa shape index (κ3) is 3.54. The van der Waals surface area contributed by atoms with Crippen LogP contribution in [-0.4, -0.2) is 69.4 Å². The Kier molecular flexibility index (Phi) is 5.14. The van der Waals surface area contributed by atoms with Gasteiger partial charge in [-0.25, -0.2) is 4.79 Å². The van der Waals surface area contributed by atoms with E-state index >= 15 is 0 Å². The van der Waals surface area contributed by atoms with Crippen molar-refractivity contribution >= 4 is 11.0 Å². The van der Waals surface area contributed by atoms with Gasteiger partial charge in [0.05, 0.1) is 6.61 Å². The third-order valence-corrected chi connectivity index (χ3v) is 5.53. The molecule has 1 saturated heterocycles. The topological polar surface area (TPSA) is 139 Å². The van der Waals surface area contributed by atoms with Gasteiger partial charge in [0, 0.05) is 23.4 Å². The van der Waals surface area contributed by atoms with E-state index in [1.807, 2.05) is 0 Å². The van der Waals surface area contributed by atoms with Gasteiger partial charge < -0.3 is 39.1 Å². The van der Waals surface area contributed by atoms with Gasteiger partial charge in [0.1, 0.15) is 47.5 Å². The molecule has 3 heterocycles. The first-order chi connectivity index (χ1) is 13.7. The van der Waals surface area contributed by atoms with Crippen LogP contribution in [0, 0.1) is 0 Å². The summed E-state index contributed by atoms with van der Waals surface area (Å²) in [6, 6.07) is 6.59. The molecule has 1 fully saturated rings. The van der Waals surface area contributed by atoms with Crippen molar-refractivity contribution in [3.05, 3.63) is 40.2 Å². The summed E-state index contributed by atoms with van der Waals surface area (Å²) in [7, 11) is 0. The average molecular weight is 408 g/mol. The first-order valence-electron chi connectivity index (χ1n) is 9.42. The van der Waals surface area contributed by atoms with Gasteiger partial charge in [-0.1, -0.05) is 0 Å². The molecule has 0 amide bonds. The number of aliphatic hydroxyl groups excluding tert-OH is 4. The van der Waals surface area contributed by atoms with E-state index in [4.69, 9.17) is 18.6 Å². The highest BCUT2D eigenvalue weighted by molar-refractivity contribution is 5.82. The third-order valence-electron chi connectivity index (χ3n) is 5.53. The Morgan fingerprint density at radius 3 is 2.55 bits per heavy atom. The summed E-state index contributed by atoms with van der Waals surface area (Å²) in [5.74, 6) is 0.561. The van der Waals surface area contributed by atoms with Crippen molar-refractivity contribution in [1.29, 1.82) is 0 Å². The van der Waals surface area contributed by atoms with E-state index in [9.17, 15) is 25.2 Å². The zero-order valence-electron chi connectivity index (χ0n) is 16.0. The number of aliphatic hydroxyl groups is 4. The lowest BCUT2D eigenvalue weighted by atomic mass is 9.89. The van der Waals surface area contributed by atoms with Crippen molar-refractivity contribution in [3.8, 4) is 5.75 Å². The maximum absolute atomic E-state index is 11.7. The molecule has 6 atom stereocenters. The van der Waals surface area contributed by atoms with Crippen LogP contribution in [0.25, 0.3) is 11.0 Å². The maximum atomic E-state index is 11.7. The van der Waals surface area contributed by atoms with E-state index in [2.05, 4.69) is 0 Å². The van der Waals surface area contributed by atoms with Gasteiger partial charge in [-0.2, -0.15) is 0 Å². The van der Waals surface area contributed by atoms with Gasteiger partial charge >= 0.3 is 5.63 Å². The number of ether oxygens (including phenoxy) is 3. The van der Waals surface area contributed by atoms with Gasteiger partial charge in [0.15, 0.2) is 6.29 Å². The molecule has 29 heavy (non-hydrogen) atoms. The molecule has 2 aromatic rings. The fourth-order valence-corrected chi connectivity index (χ4v) is 3.79. The van der Waals surface area contributed by atoms with Crippen LogP contribution in [0.15, 0.2) is 33.5 Å². The molecule has 158 valence electrons. The van der Waals surface area contributed by atoms with Crippen molar-refractivity contribution in [1.82, 2.24) is 0 Å². The number of hydrogen-bond acceptors (Lipinski definition) is 9. The lowest BCUT2D eigenvalue weighted by molar-refractivity contribution is -0.321. The molecule has 0 spiro atoms. The van der Waals surface area contributed by atoms with E-state index in [0.29, 0.717) is 23.3 Å². The smallest absolute Gasteiger partial charge is 0.336 e. The highest BCUT2D eigenvalue weighted by Gasteiger charge is 2.48. The fraction of sp³-hybridized carbons (Fsp3) is 0.550. The second-order valence-corrected chi connectivity index (χ2v) is 7.95. The summed E-state index contributed by atoms with van der Waals surface area (Å²) in [6.07, 6.45) is -7.24. The molecule has 1 aromatic heterocycles. The number of hydrogen-bond donors (Lipinski definition) is 4. The number of rotatable bonds is 3. The van der Waals surface area contributed by atoms with E-state index in [1.54, 1.807) is 32.0 Å². The van der Waals surface area contributed by atoms with Crippen molar-refractivity contribution in [2.45, 2.75) is 62.7 Å². The standard InChI is InChI=1S/C20H24O9/c1-20(2)13(27-19-17(25)16(24)15(23)12(8-21)26-19)7-10-11(29-20)5-3-9-4-6-14(22)28-18(9)10/h3-6,12-13,15-17,19,21,23-25H,7-8H2,1-2H3/t12-,13?,15-,16+,17-,19+/m1/s1. The molecule has 1 aromatic carbocycles. The molecule has 0 radical (unpaired) electrons. The predicted molar refractivity (Wildman–Crippen MR) is 99.5 cm³/mol. The molecule has 9 heteroatoms. The minimum absolute atomic E-state index is 0.293. The predicted octanol–water partition coefficient (Wildman–Crippen LogP) is -0.308. The van der Waals surface area contributed by atoms with Crippen LogP contribution in [-0.2, 0) is 15.9 Å². The molecule has 4 N–H and O–H groups in total. The van der Waals surface area contributed by atoms with Crippen molar-refractivity contribution < 1.29 is 39.1 Å². The van der Waals surface area contributed by atoms with Gasteiger partial charge in [-0.15, -0.1) is 0 Å². The molecule has 4 rings (SSSR count). The van der Waals surface area contributed by atoms with Crippen LogP contribution in [0.2, 0.25) is 0 Å². The second kappa shape index (κ2) is 7.35. The van der Waals surface area contributed by atoms with E-state index in [-0.39, 0.29) is 0 Å². The van der Waals surface area contributed by atoms with Crippen molar-refractivity contribution in [3.63, 3.8) is 0 Å². The van der Waals surface area contributed by atoms with E-state index in [0.717, 1.165) is 5.39 Å². The lowest BCUT2D eigenvalue weighted by Crippen LogP contribution is -2.61. The van der Waals surface area contributed by atoms with E-state index in [1.165, 1.54) is 6.07 Å². The van der Waals surface area contributed by atoms with Gasteiger partial charge in [-0.3, -0.25) is 0 Å². The summed E-state index contributed by atoms with van der Waals surface area (Å²) in [5.41, 5.74) is -0.279. The summed E-state index contributed by atoms with van der Waals surface area (Å²) in [6.45, 7) is 3.06.